The van der Waals surface area contributed by atoms with Gasteiger partial charge in [0.2, 0.25) is 0 Å². The second kappa shape index (κ2) is 5.92. The highest BCUT2D eigenvalue weighted by molar-refractivity contribution is 7.92. The van der Waals surface area contributed by atoms with Crippen LogP contribution in [0.4, 0.5) is 11.4 Å². The Morgan fingerprint density at radius 2 is 1.91 bits per heavy atom. The molecule has 0 aliphatic carbocycles. The van der Waals surface area contributed by atoms with Gasteiger partial charge >= 0.3 is 0 Å². The number of ether oxygens (including phenoxy) is 1. The Morgan fingerprint density at radius 1 is 1.17 bits per heavy atom. The summed E-state index contributed by atoms with van der Waals surface area (Å²) in [6, 6.07) is 11.6. The van der Waals surface area contributed by atoms with E-state index in [4.69, 9.17) is 4.74 Å². The summed E-state index contributed by atoms with van der Waals surface area (Å²) in [7, 11) is -3.72. The van der Waals surface area contributed by atoms with E-state index in [1.165, 1.54) is 18.2 Å². The van der Waals surface area contributed by atoms with E-state index in [9.17, 15) is 13.2 Å². The van der Waals surface area contributed by atoms with Crippen LogP contribution in [0.15, 0.2) is 47.4 Å². The van der Waals surface area contributed by atoms with Crippen molar-refractivity contribution in [2.45, 2.75) is 18.2 Å². The molecular weight excluding hydrogens is 316 g/mol. The summed E-state index contributed by atoms with van der Waals surface area (Å²) < 4.78 is 32.7. The van der Waals surface area contributed by atoms with E-state index in [0.29, 0.717) is 17.1 Å². The summed E-state index contributed by atoms with van der Waals surface area (Å²) in [6.07, 6.45) is 0.890. The molecule has 1 aliphatic heterocycles. The van der Waals surface area contributed by atoms with Gasteiger partial charge in [0.05, 0.1) is 10.6 Å². The summed E-state index contributed by atoms with van der Waals surface area (Å²) in [6.45, 7) is 1.91. The molecule has 0 bridgehead atoms. The van der Waals surface area contributed by atoms with Crippen molar-refractivity contribution in [2.24, 2.45) is 0 Å². The smallest absolute Gasteiger partial charge is 0.262 e. The first kappa shape index (κ1) is 15.4. The lowest BCUT2D eigenvalue weighted by molar-refractivity contribution is -0.118. The van der Waals surface area contributed by atoms with Crippen molar-refractivity contribution in [1.82, 2.24) is 0 Å². The minimum atomic E-state index is -3.72. The molecule has 0 saturated heterocycles. The first-order valence-corrected chi connectivity index (χ1v) is 8.65. The van der Waals surface area contributed by atoms with Gasteiger partial charge in [-0.05, 0) is 36.2 Å². The van der Waals surface area contributed by atoms with E-state index in [0.717, 1.165) is 12.0 Å². The molecule has 1 aliphatic rings. The summed E-state index contributed by atoms with van der Waals surface area (Å²) in [5.41, 5.74) is 2.09. The van der Waals surface area contributed by atoms with Crippen molar-refractivity contribution in [3.05, 3.63) is 48.0 Å². The maximum Gasteiger partial charge on any atom is 0.262 e. The number of carbonyl (C=O) groups excluding carboxylic acids is 1. The Morgan fingerprint density at radius 3 is 2.61 bits per heavy atom. The number of hydrogen-bond donors (Lipinski definition) is 2. The Kier molecular flexibility index (Phi) is 3.96. The van der Waals surface area contributed by atoms with E-state index < -0.39 is 10.0 Å². The third-order valence-electron chi connectivity index (χ3n) is 3.51. The molecule has 0 spiro atoms. The van der Waals surface area contributed by atoms with Crippen molar-refractivity contribution in [1.29, 1.82) is 0 Å². The van der Waals surface area contributed by atoms with Crippen LogP contribution in [0, 0.1) is 0 Å². The van der Waals surface area contributed by atoms with Gasteiger partial charge in [-0.1, -0.05) is 19.1 Å². The standard InChI is InChI=1S/C16H16N2O4S/c1-2-11-3-5-12(6-4-11)18-23(20,21)13-7-8-14-15(9-13)22-10-16(19)17-14/h3-9,18H,2,10H2,1H3,(H,17,19). The molecule has 2 N–H and O–H groups in total. The van der Waals surface area contributed by atoms with Gasteiger partial charge in [0.1, 0.15) is 5.75 Å². The number of carbonyl (C=O) groups is 1. The van der Waals surface area contributed by atoms with Gasteiger partial charge in [-0.3, -0.25) is 9.52 Å². The van der Waals surface area contributed by atoms with E-state index in [1.54, 1.807) is 12.1 Å². The molecule has 0 saturated carbocycles. The topological polar surface area (TPSA) is 84.5 Å². The van der Waals surface area contributed by atoms with Crippen LogP contribution in [0.1, 0.15) is 12.5 Å². The van der Waals surface area contributed by atoms with Crippen molar-refractivity contribution in [3.63, 3.8) is 0 Å². The Labute approximate surface area is 134 Å². The molecule has 1 heterocycles. The number of rotatable bonds is 4. The van der Waals surface area contributed by atoms with E-state index in [-0.39, 0.29) is 17.4 Å². The fourth-order valence-corrected chi connectivity index (χ4v) is 3.32. The van der Waals surface area contributed by atoms with Gasteiger partial charge in [0.15, 0.2) is 6.61 Å². The number of amides is 1. The second-order valence-electron chi connectivity index (χ2n) is 5.15. The van der Waals surface area contributed by atoms with Crippen molar-refractivity contribution >= 4 is 27.3 Å². The monoisotopic (exact) mass is 332 g/mol. The summed E-state index contributed by atoms with van der Waals surface area (Å²) in [5.74, 6) is 0.0797. The fourth-order valence-electron chi connectivity index (χ4n) is 2.24. The number of benzene rings is 2. The Balaban J connectivity index is 1.85. The largest absolute Gasteiger partial charge is 0.482 e. The van der Waals surface area contributed by atoms with Gasteiger partial charge in [0, 0.05) is 11.8 Å². The summed E-state index contributed by atoms with van der Waals surface area (Å²) in [5, 5.41) is 2.62. The van der Waals surface area contributed by atoms with Gasteiger partial charge in [-0.2, -0.15) is 0 Å². The molecule has 6 nitrogen and oxygen atoms in total. The van der Waals surface area contributed by atoms with Crippen molar-refractivity contribution in [3.8, 4) is 5.75 Å². The molecular formula is C16H16N2O4S. The van der Waals surface area contributed by atoms with Gasteiger partial charge in [0.25, 0.3) is 15.9 Å². The molecule has 0 radical (unpaired) electrons. The molecule has 1 amide bonds. The van der Waals surface area contributed by atoms with Gasteiger partial charge in [-0.15, -0.1) is 0 Å². The highest BCUT2D eigenvalue weighted by Crippen LogP contribution is 2.30. The van der Waals surface area contributed by atoms with Crippen LogP contribution < -0.4 is 14.8 Å². The van der Waals surface area contributed by atoms with Gasteiger partial charge in [-0.25, -0.2) is 8.42 Å². The lowest BCUT2D eigenvalue weighted by Gasteiger charge is -2.18. The van der Waals surface area contributed by atoms with Gasteiger partial charge < -0.3 is 10.1 Å². The number of sulfonamides is 1. The molecule has 0 unspecified atom stereocenters. The van der Waals surface area contributed by atoms with Crippen LogP contribution in [0.5, 0.6) is 5.75 Å². The van der Waals surface area contributed by atoms with E-state index >= 15 is 0 Å². The Hall–Kier alpha value is -2.54. The van der Waals surface area contributed by atoms with Crippen molar-refractivity contribution in [2.75, 3.05) is 16.6 Å². The molecule has 3 rings (SSSR count). The average Bonchev–Trinajstić information content (AvgIpc) is 2.54. The zero-order valence-corrected chi connectivity index (χ0v) is 13.3. The summed E-state index contributed by atoms with van der Waals surface area (Å²) in [4.78, 5) is 11.3. The maximum atomic E-state index is 12.5. The first-order valence-electron chi connectivity index (χ1n) is 7.16. The lowest BCUT2D eigenvalue weighted by Crippen LogP contribution is -2.25. The molecule has 2 aromatic rings. The van der Waals surface area contributed by atoms with Crippen molar-refractivity contribution < 1.29 is 17.9 Å². The lowest BCUT2D eigenvalue weighted by atomic mass is 10.2. The zero-order valence-electron chi connectivity index (χ0n) is 12.5. The van der Waals surface area contributed by atoms with Crippen LogP contribution in [0.3, 0.4) is 0 Å². The average molecular weight is 332 g/mol. The number of hydrogen-bond acceptors (Lipinski definition) is 4. The number of fused-ring (bicyclic) bond motifs is 1. The predicted octanol–water partition coefficient (Wildman–Crippen LogP) is 2.38. The first-order chi connectivity index (χ1) is 11.0. The van der Waals surface area contributed by atoms with Crippen LogP contribution in [0.2, 0.25) is 0 Å². The predicted molar refractivity (Wildman–Crippen MR) is 87.2 cm³/mol. The number of anilines is 2. The molecule has 0 atom stereocenters. The summed E-state index contributed by atoms with van der Waals surface area (Å²) >= 11 is 0. The molecule has 2 aromatic carbocycles. The molecule has 7 heteroatoms. The van der Waals surface area contributed by atoms with E-state index in [2.05, 4.69) is 10.0 Å². The fraction of sp³-hybridized carbons (Fsp3) is 0.188. The third kappa shape index (κ3) is 3.29. The zero-order chi connectivity index (χ0) is 16.4. The third-order valence-corrected chi connectivity index (χ3v) is 4.89. The quantitative estimate of drug-likeness (QED) is 0.900. The number of nitrogens with one attached hydrogen (secondary N) is 2. The van der Waals surface area contributed by atoms with Crippen LogP contribution in [0.25, 0.3) is 0 Å². The van der Waals surface area contributed by atoms with E-state index in [1.807, 2.05) is 19.1 Å². The molecule has 23 heavy (non-hydrogen) atoms. The minimum absolute atomic E-state index is 0.0759. The number of aryl methyl sites for hydroxylation is 1. The highest BCUT2D eigenvalue weighted by Gasteiger charge is 2.21. The minimum Gasteiger partial charge on any atom is -0.482 e. The normalized spacial score (nSPS) is 13.7. The highest BCUT2D eigenvalue weighted by atomic mass is 32.2. The second-order valence-corrected chi connectivity index (χ2v) is 6.83. The van der Waals surface area contributed by atoms with Crippen LogP contribution >= 0.6 is 0 Å². The SMILES string of the molecule is CCc1ccc(NS(=O)(=O)c2ccc3c(c2)OCC(=O)N3)cc1. The maximum absolute atomic E-state index is 12.5. The molecule has 0 aromatic heterocycles. The molecule has 120 valence electrons. The van der Waals surface area contributed by atoms with Crippen LogP contribution in [-0.2, 0) is 21.2 Å². The molecule has 0 fully saturated rings. The Bertz CT molecular complexity index is 845. The van der Waals surface area contributed by atoms with Crippen LogP contribution in [-0.4, -0.2) is 20.9 Å².